The Morgan fingerprint density at radius 3 is 2.92 bits per heavy atom. The maximum atomic E-state index is 13.9. The number of benzene rings is 2. The van der Waals surface area contributed by atoms with E-state index in [1.807, 2.05) is 31.2 Å². The Morgan fingerprint density at radius 2 is 2.16 bits per heavy atom. The van der Waals surface area contributed by atoms with Gasteiger partial charge in [-0.05, 0) is 43.4 Å². The van der Waals surface area contributed by atoms with Crippen molar-refractivity contribution >= 4 is 30.0 Å². The van der Waals surface area contributed by atoms with Gasteiger partial charge >= 0.3 is 0 Å². The first-order chi connectivity index (χ1) is 12.1. The first kappa shape index (κ1) is 17.3. The topological polar surface area (TPSA) is 55.2 Å². The molecule has 1 N–H and O–H groups in total. The Kier molecular flexibility index (Phi) is 5.25. The molecule has 0 aliphatic carbocycles. The van der Waals surface area contributed by atoms with Crippen LogP contribution in [0.1, 0.15) is 12.5 Å². The van der Waals surface area contributed by atoms with E-state index >= 15 is 0 Å². The number of hydrogen-bond acceptors (Lipinski definition) is 4. The molecule has 0 bridgehead atoms. The summed E-state index contributed by atoms with van der Waals surface area (Å²) in [5.74, 6) is 0.725. The molecule has 8 heteroatoms. The highest BCUT2D eigenvalue weighted by molar-refractivity contribution is 7.71. The quantitative estimate of drug-likeness (QED) is 0.519. The van der Waals surface area contributed by atoms with Crippen molar-refractivity contribution in [2.24, 2.45) is 5.10 Å². The van der Waals surface area contributed by atoms with Crippen molar-refractivity contribution in [2.45, 2.75) is 6.92 Å². The van der Waals surface area contributed by atoms with Crippen LogP contribution in [0.2, 0.25) is 5.02 Å². The van der Waals surface area contributed by atoms with Crippen LogP contribution in [-0.4, -0.2) is 27.7 Å². The third kappa shape index (κ3) is 3.78. The van der Waals surface area contributed by atoms with Crippen molar-refractivity contribution in [3.8, 4) is 17.1 Å². The summed E-state index contributed by atoms with van der Waals surface area (Å²) in [7, 11) is 0. The monoisotopic (exact) mass is 376 g/mol. The second-order valence-corrected chi connectivity index (χ2v) is 5.80. The van der Waals surface area contributed by atoms with Crippen molar-refractivity contribution in [3.05, 3.63) is 63.6 Å². The maximum absolute atomic E-state index is 13.9. The van der Waals surface area contributed by atoms with E-state index < -0.39 is 5.82 Å². The Bertz CT molecular complexity index is 963. The average molecular weight is 377 g/mol. The summed E-state index contributed by atoms with van der Waals surface area (Å²) in [5, 5.41) is 11.4. The van der Waals surface area contributed by atoms with Gasteiger partial charge in [0.25, 0.3) is 0 Å². The van der Waals surface area contributed by atoms with E-state index in [0.29, 0.717) is 18.2 Å². The molecule has 25 heavy (non-hydrogen) atoms. The van der Waals surface area contributed by atoms with Crippen LogP contribution in [0.4, 0.5) is 4.39 Å². The fraction of sp³-hybridized carbons (Fsp3) is 0.118. The number of aromatic nitrogens is 3. The van der Waals surface area contributed by atoms with E-state index in [9.17, 15) is 4.39 Å². The van der Waals surface area contributed by atoms with E-state index in [-0.39, 0.29) is 15.4 Å². The molecule has 0 atom stereocenters. The molecule has 0 fully saturated rings. The highest BCUT2D eigenvalue weighted by atomic mass is 35.5. The molecule has 0 amide bonds. The predicted octanol–water partition coefficient (Wildman–Crippen LogP) is 4.68. The van der Waals surface area contributed by atoms with Crippen LogP contribution in [-0.2, 0) is 0 Å². The van der Waals surface area contributed by atoms with Gasteiger partial charge < -0.3 is 4.74 Å². The first-order valence-corrected chi connectivity index (χ1v) is 8.27. The number of H-pyrrole nitrogens is 1. The minimum Gasteiger partial charge on any atom is -0.494 e. The summed E-state index contributed by atoms with van der Waals surface area (Å²) >= 11 is 11.2. The molecule has 0 saturated carbocycles. The van der Waals surface area contributed by atoms with Crippen LogP contribution in [0.15, 0.2) is 47.6 Å². The van der Waals surface area contributed by atoms with Crippen LogP contribution in [0.25, 0.3) is 11.4 Å². The second-order valence-electron chi connectivity index (χ2n) is 5.00. The third-order valence-electron chi connectivity index (χ3n) is 3.36. The van der Waals surface area contributed by atoms with Crippen LogP contribution < -0.4 is 4.74 Å². The second kappa shape index (κ2) is 7.58. The predicted molar refractivity (Wildman–Crippen MR) is 98.4 cm³/mol. The van der Waals surface area contributed by atoms with E-state index in [2.05, 4.69) is 15.3 Å². The lowest BCUT2D eigenvalue weighted by molar-refractivity contribution is 0.340. The normalized spacial score (nSPS) is 11.2. The lowest BCUT2D eigenvalue weighted by atomic mass is 10.2. The van der Waals surface area contributed by atoms with Gasteiger partial charge in [0.1, 0.15) is 11.6 Å². The maximum Gasteiger partial charge on any atom is 0.216 e. The summed E-state index contributed by atoms with van der Waals surface area (Å²) in [4.78, 5) is 0. The molecule has 0 aliphatic rings. The Balaban J connectivity index is 2.02. The molecule has 1 heterocycles. The van der Waals surface area contributed by atoms with Gasteiger partial charge in [0.05, 0.1) is 17.8 Å². The van der Waals surface area contributed by atoms with Crippen LogP contribution in [0, 0.1) is 10.6 Å². The average Bonchev–Trinajstić information content (AvgIpc) is 2.96. The summed E-state index contributed by atoms with van der Waals surface area (Å²) < 4.78 is 21.1. The highest BCUT2D eigenvalue weighted by Gasteiger charge is 2.10. The first-order valence-electron chi connectivity index (χ1n) is 7.49. The lowest BCUT2D eigenvalue weighted by Gasteiger charge is -2.05. The van der Waals surface area contributed by atoms with Crippen molar-refractivity contribution in [1.82, 2.24) is 14.9 Å². The van der Waals surface area contributed by atoms with Crippen molar-refractivity contribution in [2.75, 3.05) is 6.61 Å². The number of nitrogens with zero attached hydrogens (tertiary/aromatic N) is 3. The zero-order valence-corrected chi connectivity index (χ0v) is 14.8. The van der Waals surface area contributed by atoms with Crippen molar-refractivity contribution < 1.29 is 9.13 Å². The number of ether oxygens (including phenoxy) is 1. The molecule has 3 rings (SSSR count). The van der Waals surface area contributed by atoms with Crippen LogP contribution in [0.5, 0.6) is 5.75 Å². The summed E-state index contributed by atoms with van der Waals surface area (Å²) in [6.45, 7) is 2.46. The van der Waals surface area contributed by atoms with Gasteiger partial charge in [-0.2, -0.15) is 14.9 Å². The zero-order chi connectivity index (χ0) is 17.8. The van der Waals surface area contributed by atoms with E-state index in [0.717, 1.165) is 5.56 Å². The Morgan fingerprint density at radius 1 is 1.36 bits per heavy atom. The molecular weight excluding hydrogens is 363 g/mol. The highest BCUT2D eigenvalue weighted by Crippen LogP contribution is 2.23. The summed E-state index contributed by atoms with van der Waals surface area (Å²) in [6, 6.07) is 11.8. The van der Waals surface area contributed by atoms with Gasteiger partial charge in [-0.25, -0.2) is 9.49 Å². The van der Waals surface area contributed by atoms with Gasteiger partial charge in [0.15, 0.2) is 5.82 Å². The number of aromatic amines is 1. The van der Waals surface area contributed by atoms with Gasteiger partial charge in [-0.1, -0.05) is 29.8 Å². The van der Waals surface area contributed by atoms with Crippen LogP contribution >= 0.6 is 23.8 Å². The molecule has 0 aliphatic heterocycles. The fourth-order valence-electron chi connectivity index (χ4n) is 2.23. The SMILES string of the molecule is CCOc1cccc(-c2n[nH]c(=S)n2/N=C/c2c(F)cccc2Cl)c1. The van der Waals surface area contributed by atoms with Gasteiger partial charge in [0, 0.05) is 11.1 Å². The Labute approximate surface area is 153 Å². The fourth-order valence-corrected chi connectivity index (χ4v) is 2.62. The molecule has 128 valence electrons. The molecule has 5 nitrogen and oxygen atoms in total. The van der Waals surface area contributed by atoms with E-state index in [4.69, 9.17) is 28.6 Å². The molecule has 0 saturated heterocycles. The van der Waals surface area contributed by atoms with Crippen LogP contribution in [0.3, 0.4) is 0 Å². The minimum absolute atomic E-state index is 0.182. The summed E-state index contributed by atoms with van der Waals surface area (Å²) in [5.41, 5.74) is 0.941. The summed E-state index contributed by atoms with van der Waals surface area (Å²) in [6.07, 6.45) is 1.32. The molecule has 0 unspecified atom stereocenters. The molecule has 3 aromatic rings. The van der Waals surface area contributed by atoms with Crippen molar-refractivity contribution in [3.63, 3.8) is 0 Å². The number of halogens is 2. The van der Waals surface area contributed by atoms with E-state index in [1.54, 1.807) is 6.07 Å². The third-order valence-corrected chi connectivity index (χ3v) is 3.95. The van der Waals surface area contributed by atoms with E-state index in [1.165, 1.54) is 23.0 Å². The smallest absolute Gasteiger partial charge is 0.216 e. The zero-order valence-electron chi connectivity index (χ0n) is 13.2. The molecule has 2 aromatic carbocycles. The Hall–Kier alpha value is -2.51. The lowest BCUT2D eigenvalue weighted by Crippen LogP contribution is -1.98. The largest absolute Gasteiger partial charge is 0.494 e. The molecule has 0 spiro atoms. The minimum atomic E-state index is -0.467. The van der Waals surface area contributed by atoms with Gasteiger partial charge in [-0.3, -0.25) is 0 Å². The van der Waals surface area contributed by atoms with Gasteiger partial charge in [0.2, 0.25) is 4.77 Å². The van der Waals surface area contributed by atoms with Crippen molar-refractivity contribution in [1.29, 1.82) is 0 Å². The molecule has 1 aromatic heterocycles. The number of rotatable bonds is 5. The molecule has 0 radical (unpaired) electrons. The van der Waals surface area contributed by atoms with Gasteiger partial charge in [-0.15, -0.1) is 0 Å². The standard InChI is InChI=1S/C17H14ClFN4OS/c1-2-24-12-6-3-5-11(9-12)16-21-22-17(25)23(16)20-10-13-14(18)7-4-8-15(13)19/h3-10H,2H2,1H3,(H,22,25)/b20-10+. The number of nitrogens with one attached hydrogen (secondary N) is 1. The number of hydrogen-bond donors (Lipinski definition) is 1. The molecular formula is C17H14ClFN4OS.